The number of carbonyl (C=O) groups excluding carboxylic acids is 2. The van der Waals surface area contributed by atoms with Crippen LogP contribution in [-0.2, 0) is 16.1 Å². The number of anilines is 2. The fraction of sp³-hybridized carbons (Fsp3) is 0.333. The summed E-state index contributed by atoms with van der Waals surface area (Å²) >= 11 is 0. The van der Waals surface area contributed by atoms with Crippen LogP contribution < -0.4 is 15.5 Å². The first-order chi connectivity index (χ1) is 12.4. The van der Waals surface area contributed by atoms with Crippen molar-refractivity contribution >= 4 is 23.2 Å². The van der Waals surface area contributed by atoms with E-state index in [1.165, 1.54) is 28.5 Å². The van der Waals surface area contributed by atoms with Crippen LogP contribution in [0.25, 0.3) is 0 Å². The van der Waals surface area contributed by atoms with Crippen molar-refractivity contribution in [2.75, 3.05) is 23.7 Å². The summed E-state index contributed by atoms with van der Waals surface area (Å²) in [6.45, 7) is 9.88. The van der Waals surface area contributed by atoms with Crippen molar-refractivity contribution < 1.29 is 14.5 Å². The molecule has 0 radical (unpaired) electrons. The summed E-state index contributed by atoms with van der Waals surface area (Å²) in [5, 5.41) is 5.63. The van der Waals surface area contributed by atoms with Gasteiger partial charge in [-0.2, -0.15) is 0 Å². The molecule has 5 heteroatoms. The van der Waals surface area contributed by atoms with E-state index in [-0.39, 0.29) is 11.8 Å². The lowest BCUT2D eigenvalue weighted by molar-refractivity contribution is -0.903. The Balaban J connectivity index is 1.94. The maximum atomic E-state index is 12.4. The second-order valence-electron chi connectivity index (χ2n) is 6.69. The fourth-order valence-electron chi connectivity index (χ4n) is 2.84. The molecule has 5 nitrogen and oxygen atoms in total. The van der Waals surface area contributed by atoms with Gasteiger partial charge in [0, 0.05) is 23.9 Å². The zero-order valence-electron chi connectivity index (χ0n) is 16.0. The van der Waals surface area contributed by atoms with Crippen molar-refractivity contribution in [2.24, 2.45) is 0 Å². The number of amides is 2. The summed E-state index contributed by atoms with van der Waals surface area (Å²) in [4.78, 5) is 24.6. The number of quaternary nitrogens is 1. The molecular formula is C21H28N3O2+. The predicted molar refractivity (Wildman–Crippen MR) is 105 cm³/mol. The molecular weight excluding hydrogens is 326 g/mol. The van der Waals surface area contributed by atoms with Crippen LogP contribution in [0.4, 0.5) is 11.4 Å². The summed E-state index contributed by atoms with van der Waals surface area (Å²) in [6, 6.07) is 13.6. The number of carbonyl (C=O) groups is 2. The Morgan fingerprint density at radius 1 is 0.962 bits per heavy atom. The van der Waals surface area contributed by atoms with Crippen LogP contribution >= 0.6 is 0 Å². The van der Waals surface area contributed by atoms with Crippen LogP contribution in [0.2, 0.25) is 0 Å². The van der Waals surface area contributed by atoms with Gasteiger partial charge in [-0.15, -0.1) is 0 Å². The monoisotopic (exact) mass is 354 g/mol. The molecule has 0 aliphatic rings. The van der Waals surface area contributed by atoms with Crippen molar-refractivity contribution in [3.8, 4) is 0 Å². The molecule has 0 heterocycles. The van der Waals surface area contributed by atoms with E-state index in [9.17, 15) is 9.59 Å². The number of hydrogen-bond acceptors (Lipinski definition) is 2. The summed E-state index contributed by atoms with van der Waals surface area (Å²) in [7, 11) is 0. The molecule has 0 bridgehead atoms. The maximum absolute atomic E-state index is 12.4. The third-order valence-corrected chi connectivity index (χ3v) is 4.34. The van der Waals surface area contributed by atoms with Gasteiger partial charge < -0.3 is 15.5 Å². The van der Waals surface area contributed by atoms with Crippen LogP contribution in [0.3, 0.4) is 0 Å². The minimum Gasteiger partial charge on any atom is -0.326 e. The second kappa shape index (κ2) is 9.15. The number of aryl methyl sites for hydroxylation is 2. The summed E-state index contributed by atoms with van der Waals surface area (Å²) in [5.41, 5.74) is 5.23. The molecule has 0 aliphatic heterocycles. The van der Waals surface area contributed by atoms with E-state index in [1.807, 2.05) is 0 Å². The molecule has 0 aromatic heterocycles. The molecule has 3 N–H and O–H groups in total. The van der Waals surface area contributed by atoms with E-state index in [2.05, 4.69) is 49.6 Å². The Hall–Kier alpha value is -2.66. The van der Waals surface area contributed by atoms with E-state index in [4.69, 9.17) is 0 Å². The molecule has 0 saturated heterocycles. The minimum atomic E-state index is -0.115. The Labute approximate surface area is 155 Å². The molecule has 0 spiro atoms. The first-order valence-corrected chi connectivity index (χ1v) is 8.94. The van der Waals surface area contributed by atoms with Crippen molar-refractivity contribution in [2.45, 2.75) is 34.2 Å². The normalized spacial score (nSPS) is 11.7. The van der Waals surface area contributed by atoms with Crippen LogP contribution in [0.1, 0.15) is 30.5 Å². The van der Waals surface area contributed by atoms with Gasteiger partial charge in [0.15, 0.2) is 6.54 Å². The summed E-state index contributed by atoms with van der Waals surface area (Å²) < 4.78 is 0. The molecule has 0 fully saturated rings. The highest BCUT2D eigenvalue weighted by atomic mass is 16.2. The second-order valence-corrected chi connectivity index (χ2v) is 6.69. The van der Waals surface area contributed by atoms with Crippen molar-refractivity contribution in [3.63, 3.8) is 0 Å². The number of rotatable bonds is 7. The van der Waals surface area contributed by atoms with E-state index in [0.717, 1.165) is 18.8 Å². The van der Waals surface area contributed by atoms with Crippen LogP contribution in [-0.4, -0.2) is 24.9 Å². The van der Waals surface area contributed by atoms with Gasteiger partial charge in [-0.05, 0) is 50.6 Å². The van der Waals surface area contributed by atoms with E-state index < -0.39 is 0 Å². The quantitative estimate of drug-likeness (QED) is 0.714. The average Bonchev–Trinajstić information content (AvgIpc) is 2.58. The number of benzene rings is 2. The molecule has 1 unspecified atom stereocenters. The Morgan fingerprint density at radius 3 is 2.15 bits per heavy atom. The zero-order valence-corrected chi connectivity index (χ0v) is 16.0. The number of hydrogen-bond donors (Lipinski definition) is 3. The van der Waals surface area contributed by atoms with E-state index in [1.54, 1.807) is 24.3 Å². The lowest BCUT2D eigenvalue weighted by Crippen LogP contribution is -3.11. The largest absolute Gasteiger partial charge is 0.326 e. The first-order valence-electron chi connectivity index (χ1n) is 8.94. The molecule has 2 aromatic rings. The van der Waals surface area contributed by atoms with Gasteiger partial charge in [-0.3, -0.25) is 9.59 Å². The van der Waals surface area contributed by atoms with Gasteiger partial charge in [-0.1, -0.05) is 23.8 Å². The van der Waals surface area contributed by atoms with E-state index in [0.29, 0.717) is 12.2 Å². The van der Waals surface area contributed by atoms with E-state index >= 15 is 0 Å². The van der Waals surface area contributed by atoms with Crippen LogP contribution in [0.15, 0.2) is 42.5 Å². The molecule has 2 rings (SSSR count). The molecule has 2 amide bonds. The number of likely N-dealkylation sites (N-methyl/N-ethyl adjacent to an activating group) is 1. The Bertz CT molecular complexity index is 769. The van der Waals surface area contributed by atoms with Gasteiger partial charge in [0.2, 0.25) is 5.91 Å². The van der Waals surface area contributed by atoms with Crippen LogP contribution in [0, 0.1) is 13.8 Å². The SMILES string of the molecule is CC[NH+](CC(=O)Nc1ccc(NC(C)=O)cc1)Cc1cc(C)ccc1C. The highest BCUT2D eigenvalue weighted by molar-refractivity contribution is 5.92. The Morgan fingerprint density at radius 2 is 1.58 bits per heavy atom. The highest BCUT2D eigenvalue weighted by Crippen LogP contribution is 2.13. The van der Waals surface area contributed by atoms with Gasteiger partial charge >= 0.3 is 0 Å². The minimum absolute atomic E-state index is 0.0144. The van der Waals surface area contributed by atoms with Crippen molar-refractivity contribution in [1.29, 1.82) is 0 Å². The standard InChI is InChI=1S/C21H27N3O2/c1-5-24(13-18-12-15(2)6-7-16(18)3)14-21(26)23-20-10-8-19(9-11-20)22-17(4)25/h6-12H,5,13-14H2,1-4H3,(H,22,25)(H,23,26)/p+1. The van der Waals surface area contributed by atoms with Gasteiger partial charge in [0.1, 0.15) is 6.54 Å². The van der Waals surface area contributed by atoms with Crippen molar-refractivity contribution in [3.05, 3.63) is 59.2 Å². The molecule has 26 heavy (non-hydrogen) atoms. The Kier molecular flexibility index (Phi) is 6.92. The van der Waals surface area contributed by atoms with Crippen LogP contribution in [0.5, 0.6) is 0 Å². The summed E-state index contributed by atoms with van der Waals surface area (Å²) in [5.74, 6) is -0.130. The first kappa shape index (κ1) is 19.7. The molecule has 138 valence electrons. The molecule has 0 saturated carbocycles. The topological polar surface area (TPSA) is 62.6 Å². The molecule has 1 atom stereocenters. The third-order valence-electron chi connectivity index (χ3n) is 4.34. The average molecular weight is 354 g/mol. The lowest BCUT2D eigenvalue weighted by atomic mass is 10.1. The molecule has 2 aromatic carbocycles. The fourth-order valence-corrected chi connectivity index (χ4v) is 2.84. The maximum Gasteiger partial charge on any atom is 0.279 e. The smallest absolute Gasteiger partial charge is 0.279 e. The zero-order chi connectivity index (χ0) is 19.1. The van der Waals surface area contributed by atoms with Crippen molar-refractivity contribution in [1.82, 2.24) is 0 Å². The van der Waals surface area contributed by atoms with Gasteiger partial charge in [0.05, 0.1) is 6.54 Å². The van der Waals surface area contributed by atoms with Gasteiger partial charge in [0.25, 0.3) is 5.91 Å². The van der Waals surface area contributed by atoms with Gasteiger partial charge in [-0.25, -0.2) is 0 Å². The lowest BCUT2D eigenvalue weighted by Gasteiger charge is -2.19. The third kappa shape index (κ3) is 6.01. The summed E-state index contributed by atoms with van der Waals surface area (Å²) in [6.07, 6.45) is 0. The number of nitrogens with one attached hydrogen (secondary N) is 3. The molecule has 0 aliphatic carbocycles. The highest BCUT2D eigenvalue weighted by Gasteiger charge is 2.14. The predicted octanol–water partition coefficient (Wildman–Crippen LogP) is 2.31.